The lowest BCUT2D eigenvalue weighted by Gasteiger charge is -2.07. The molecular formula is C9H6F2N4. The Morgan fingerprint density at radius 1 is 1.47 bits per heavy atom. The molecular weight excluding hydrogens is 202 g/mol. The maximum atomic E-state index is 12.5. The predicted molar refractivity (Wildman–Crippen MR) is 47.6 cm³/mol. The average molecular weight is 208 g/mol. The zero-order valence-corrected chi connectivity index (χ0v) is 7.54. The van der Waals surface area contributed by atoms with Gasteiger partial charge in [0, 0.05) is 5.69 Å². The summed E-state index contributed by atoms with van der Waals surface area (Å²) in [7, 11) is 0. The molecule has 0 radical (unpaired) electrons. The van der Waals surface area contributed by atoms with E-state index in [1.54, 1.807) is 6.07 Å². The minimum absolute atomic E-state index is 0.0671. The topological polar surface area (TPSA) is 86.5 Å². The number of nitrogens with zero attached hydrogens (tertiary/aromatic N) is 3. The molecule has 0 aromatic carbocycles. The SMILES string of the molecule is N#CCc1cc(N)c(C(F)F)c(C#N)n1. The van der Waals surface area contributed by atoms with Crippen LogP contribution in [0.4, 0.5) is 14.5 Å². The third kappa shape index (κ3) is 2.18. The molecule has 4 nitrogen and oxygen atoms in total. The molecule has 0 saturated carbocycles. The first-order valence-corrected chi connectivity index (χ1v) is 3.94. The molecule has 1 heterocycles. The molecule has 15 heavy (non-hydrogen) atoms. The smallest absolute Gasteiger partial charge is 0.268 e. The number of nitrogen functional groups attached to an aromatic ring is 1. The molecule has 0 aliphatic carbocycles. The monoisotopic (exact) mass is 208 g/mol. The lowest BCUT2D eigenvalue weighted by Crippen LogP contribution is -2.04. The molecule has 76 valence electrons. The van der Waals surface area contributed by atoms with Gasteiger partial charge in [-0.1, -0.05) is 0 Å². The Labute approximate surface area is 84.6 Å². The number of pyridine rings is 1. The second-order valence-electron chi connectivity index (χ2n) is 2.71. The molecule has 1 aromatic heterocycles. The molecule has 0 spiro atoms. The van der Waals surface area contributed by atoms with Crippen molar-refractivity contribution >= 4 is 5.69 Å². The first-order chi connectivity index (χ1) is 7.10. The van der Waals surface area contributed by atoms with E-state index in [0.29, 0.717) is 0 Å². The maximum Gasteiger partial charge on any atom is 0.268 e. The van der Waals surface area contributed by atoms with Gasteiger partial charge < -0.3 is 5.73 Å². The average Bonchev–Trinajstić information content (AvgIpc) is 2.16. The third-order valence-corrected chi connectivity index (χ3v) is 1.73. The second kappa shape index (κ2) is 4.34. The molecule has 0 aliphatic rings. The van der Waals surface area contributed by atoms with Gasteiger partial charge in [0.2, 0.25) is 0 Å². The third-order valence-electron chi connectivity index (χ3n) is 1.73. The van der Waals surface area contributed by atoms with Crippen LogP contribution in [0.5, 0.6) is 0 Å². The fourth-order valence-electron chi connectivity index (χ4n) is 1.12. The van der Waals surface area contributed by atoms with E-state index in [4.69, 9.17) is 16.3 Å². The van der Waals surface area contributed by atoms with Crippen molar-refractivity contribution in [3.05, 3.63) is 23.0 Å². The summed E-state index contributed by atoms with van der Waals surface area (Å²) < 4.78 is 24.9. The first kappa shape index (κ1) is 10.9. The predicted octanol–water partition coefficient (Wildman–Crippen LogP) is 1.54. The van der Waals surface area contributed by atoms with Crippen LogP contribution < -0.4 is 5.73 Å². The second-order valence-corrected chi connectivity index (χ2v) is 2.71. The highest BCUT2D eigenvalue weighted by molar-refractivity contribution is 5.54. The van der Waals surface area contributed by atoms with Gasteiger partial charge in [-0.3, -0.25) is 0 Å². The van der Waals surface area contributed by atoms with E-state index in [-0.39, 0.29) is 17.8 Å². The summed E-state index contributed by atoms with van der Waals surface area (Å²) in [6.45, 7) is 0. The Morgan fingerprint density at radius 2 is 2.13 bits per heavy atom. The summed E-state index contributed by atoms with van der Waals surface area (Å²) in [5, 5.41) is 17.0. The molecule has 0 fully saturated rings. The number of aromatic nitrogens is 1. The summed E-state index contributed by atoms with van der Waals surface area (Å²) in [6.07, 6.45) is -2.91. The fraction of sp³-hybridized carbons (Fsp3) is 0.222. The molecule has 0 aliphatic heterocycles. The van der Waals surface area contributed by atoms with Crippen LogP contribution in [0.2, 0.25) is 0 Å². The molecule has 0 atom stereocenters. The van der Waals surface area contributed by atoms with E-state index in [2.05, 4.69) is 4.98 Å². The fourth-order valence-corrected chi connectivity index (χ4v) is 1.12. The van der Waals surface area contributed by atoms with Gasteiger partial charge in [0.1, 0.15) is 6.07 Å². The van der Waals surface area contributed by atoms with Gasteiger partial charge in [0.05, 0.1) is 23.7 Å². The number of rotatable bonds is 2. The van der Waals surface area contributed by atoms with Crippen LogP contribution >= 0.6 is 0 Å². The highest BCUT2D eigenvalue weighted by Gasteiger charge is 2.19. The van der Waals surface area contributed by atoms with Crippen LogP contribution in [0.15, 0.2) is 6.07 Å². The Balaban J connectivity index is 3.34. The normalized spacial score (nSPS) is 9.67. The van der Waals surface area contributed by atoms with E-state index in [9.17, 15) is 8.78 Å². The van der Waals surface area contributed by atoms with Crippen molar-refractivity contribution in [2.24, 2.45) is 0 Å². The molecule has 0 unspecified atom stereocenters. The van der Waals surface area contributed by atoms with E-state index in [1.807, 2.05) is 0 Å². The lowest BCUT2D eigenvalue weighted by molar-refractivity contribution is 0.151. The van der Waals surface area contributed by atoms with Gasteiger partial charge in [-0.05, 0) is 6.07 Å². The zero-order chi connectivity index (χ0) is 11.4. The minimum atomic E-state index is -2.84. The standard InChI is InChI=1S/C9H6F2N4/c10-9(11)8-6(14)3-5(1-2-12)15-7(8)4-13/h3,9H,1H2,(H2,14,15). The van der Waals surface area contributed by atoms with Crippen LogP contribution in [0.3, 0.4) is 0 Å². The van der Waals surface area contributed by atoms with E-state index in [0.717, 1.165) is 0 Å². The van der Waals surface area contributed by atoms with Crippen LogP contribution in [0.1, 0.15) is 23.4 Å². The number of hydrogen-bond donors (Lipinski definition) is 1. The highest BCUT2D eigenvalue weighted by atomic mass is 19.3. The van der Waals surface area contributed by atoms with Gasteiger partial charge >= 0.3 is 0 Å². The molecule has 6 heteroatoms. The van der Waals surface area contributed by atoms with Crippen molar-refractivity contribution in [1.29, 1.82) is 10.5 Å². The Kier molecular flexibility index (Phi) is 3.14. The van der Waals surface area contributed by atoms with Crippen LogP contribution in [0, 0.1) is 22.7 Å². The Hall–Kier alpha value is -2.21. The number of nitriles is 2. The maximum absolute atomic E-state index is 12.5. The summed E-state index contributed by atoms with van der Waals surface area (Å²) in [5.74, 6) is 0. The largest absolute Gasteiger partial charge is 0.398 e. The summed E-state index contributed by atoms with van der Waals surface area (Å²) >= 11 is 0. The van der Waals surface area contributed by atoms with Crippen molar-refractivity contribution in [2.75, 3.05) is 5.73 Å². The molecule has 0 saturated heterocycles. The number of hydrogen-bond acceptors (Lipinski definition) is 4. The molecule has 0 bridgehead atoms. The molecule has 1 rings (SSSR count). The van der Waals surface area contributed by atoms with Crippen molar-refractivity contribution < 1.29 is 8.78 Å². The van der Waals surface area contributed by atoms with Crippen molar-refractivity contribution in [3.63, 3.8) is 0 Å². The number of nitrogens with two attached hydrogens (primary N) is 1. The summed E-state index contributed by atoms with van der Waals surface area (Å²) in [5.41, 5.74) is 4.37. The lowest BCUT2D eigenvalue weighted by atomic mass is 10.1. The van der Waals surface area contributed by atoms with Gasteiger partial charge in [-0.25, -0.2) is 13.8 Å². The van der Waals surface area contributed by atoms with Crippen molar-refractivity contribution in [3.8, 4) is 12.1 Å². The van der Waals surface area contributed by atoms with Gasteiger partial charge in [0.15, 0.2) is 5.69 Å². The van der Waals surface area contributed by atoms with Crippen molar-refractivity contribution in [1.82, 2.24) is 4.98 Å². The van der Waals surface area contributed by atoms with E-state index >= 15 is 0 Å². The minimum Gasteiger partial charge on any atom is -0.398 e. The Morgan fingerprint density at radius 3 is 2.60 bits per heavy atom. The van der Waals surface area contributed by atoms with Gasteiger partial charge in [-0.15, -0.1) is 0 Å². The summed E-state index contributed by atoms with van der Waals surface area (Å²) in [6, 6.07) is 4.52. The number of halogens is 2. The quantitative estimate of drug-likeness (QED) is 0.798. The Bertz CT molecular complexity index is 456. The summed E-state index contributed by atoms with van der Waals surface area (Å²) in [4.78, 5) is 3.62. The number of anilines is 1. The highest BCUT2D eigenvalue weighted by Crippen LogP contribution is 2.27. The molecule has 0 amide bonds. The van der Waals surface area contributed by atoms with Crippen LogP contribution in [-0.4, -0.2) is 4.98 Å². The molecule has 2 N–H and O–H groups in total. The van der Waals surface area contributed by atoms with E-state index in [1.165, 1.54) is 12.1 Å². The van der Waals surface area contributed by atoms with Crippen molar-refractivity contribution in [2.45, 2.75) is 12.8 Å². The molecule has 1 aromatic rings. The van der Waals surface area contributed by atoms with Crippen LogP contribution in [-0.2, 0) is 6.42 Å². The van der Waals surface area contributed by atoms with E-state index < -0.39 is 17.7 Å². The zero-order valence-electron chi connectivity index (χ0n) is 7.54. The van der Waals surface area contributed by atoms with Crippen LogP contribution in [0.25, 0.3) is 0 Å². The van der Waals surface area contributed by atoms with Gasteiger partial charge in [-0.2, -0.15) is 10.5 Å². The number of alkyl halides is 2. The first-order valence-electron chi connectivity index (χ1n) is 3.94. The van der Waals surface area contributed by atoms with Gasteiger partial charge in [0.25, 0.3) is 6.43 Å².